The van der Waals surface area contributed by atoms with Gasteiger partial charge < -0.3 is 30.1 Å². The molecule has 4 aliphatic carbocycles. The van der Waals surface area contributed by atoms with Crippen LogP contribution >= 0.6 is 0 Å². The van der Waals surface area contributed by atoms with Crippen LogP contribution in [0, 0.1) is 35.1 Å². The first-order chi connectivity index (χ1) is 22.3. The van der Waals surface area contributed by atoms with E-state index in [1.807, 2.05) is 32.2 Å². The van der Waals surface area contributed by atoms with Gasteiger partial charge >= 0.3 is 0 Å². The zero-order valence-electron chi connectivity index (χ0n) is 27.8. The number of benzene rings is 1. The maximum absolute atomic E-state index is 10.7. The molecule has 1 unspecified atom stereocenters. The lowest BCUT2D eigenvalue weighted by molar-refractivity contribution is 0.123. The fourth-order valence-electron chi connectivity index (χ4n) is 8.48. The van der Waals surface area contributed by atoms with Crippen LogP contribution in [-0.2, 0) is 11.2 Å². The third-order valence-corrected chi connectivity index (χ3v) is 11.0. The molecule has 7 rings (SSSR count). The van der Waals surface area contributed by atoms with Crippen molar-refractivity contribution in [3.05, 3.63) is 71.4 Å². The summed E-state index contributed by atoms with van der Waals surface area (Å²) in [6, 6.07) is 6.40. The predicted octanol–water partition coefficient (Wildman–Crippen LogP) is 5.21. The standard InChI is InChI=1S/C38H53N3O5/c1-4-5-8-35-27(22-42)18-29(46-35)11-9-25-10-12-34(44)36(16-25)45-23-33(39-3)32-19-30-31(21-40-20-24(2)43)38-14-6-7-28(38)17-26(13-15-38)37(30)41-32/h10,12-13,15-16,18-19,24,26,28,31,33,35,39-40,42-44H,4-9,11,14,17,20-23H2,1-3H3/t24-,26-,28+,31+,33-,35?,38+/m0/s1. The van der Waals surface area contributed by atoms with Crippen LogP contribution in [0.15, 0.2) is 58.8 Å². The zero-order chi connectivity index (χ0) is 32.3. The van der Waals surface area contributed by atoms with Gasteiger partial charge in [-0.15, -0.1) is 4.99 Å². The van der Waals surface area contributed by atoms with Crippen molar-refractivity contribution in [2.75, 3.05) is 33.4 Å². The molecule has 0 saturated heterocycles. The molecule has 0 aromatic heterocycles. The minimum atomic E-state index is -0.378. The Morgan fingerprint density at radius 2 is 2.15 bits per heavy atom. The lowest BCUT2D eigenvalue weighted by Gasteiger charge is -2.39. The summed E-state index contributed by atoms with van der Waals surface area (Å²) in [6.07, 6.45) is 18.4. The number of nitrogens with zero attached hydrogens (tertiary/aromatic N) is 1. The highest BCUT2D eigenvalue weighted by molar-refractivity contribution is 6.07. The number of aromatic hydroxyl groups is 1. The van der Waals surface area contributed by atoms with Gasteiger partial charge in [-0.2, -0.15) is 12.0 Å². The molecule has 250 valence electrons. The van der Waals surface area contributed by atoms with Crippen LogP contribution in [0.3, 0.4) is 0 Å². The monoisotopic (exact) mass is 631 g/mol. The van der Waals surface area contributed by atoms with Gasteiger partial charge in [0.2, 0.25) is 0 Å². The van der Waals surface area contributed by atoms with Crippen molar-refractivity contribution >= 4 is 5.71 Å². The van der Waals surface area contributed by atoms with Crippen molar-refractivity contribution in [3.8, 4) is 11.5 Å². The van der Waals surface area contributed by atoms with Gasteiger partial charge in [-0.05, 0) is 69.7 Å². The Labute approximate surface area is 275 Å². The second-order valence-electron chi connectivity index (χ2n) is 14.0. The predicted molar refractivity (Wildman–Crippen MR) is 181 cm³/mol. The lowest BCUT2D eigenvalue weighted by Crippen LogP contribution is -2.41. The number of aliphatic hydroxyl groups is 2. The van der Waals surface area contributed by atoms with E-state index in [-0.39, 0.29) is 36.0 Å². The third-order valence-electron chi connectivity index (χ3n) is 11.0. The van der Waals surface area contributed by atoms with E-state index < -0.39 is 0 Å². The summed E-state index contributed by atoms with van der Waals surface area (Å²) in [4.78, 5) is 5.27. The van der Waals surface area contributed by atoms with E-state index in [0.717, 1.165) is 68.4 Å². The SMILES string of the molecule is CCCCC1OC(CCc2ccc(O)c(OC[C@H](NC)[C+]3C=C4C(=N3)[C@H]3C=C[C@@]5(CCC[C@@H]5C3)[C@@H]4CNC[C@H](C)O)c2)=C[C-]1CO. The second-order valence-corrected chi connectivity index (χ2v) is 14.0. The molecule has 2 saturated carbocycles. The van der Waals surface area contributed by atoms with Crippen molar-refractivity contribution in [1.82, 2.24) is 10.6 Å². The molecule has 2 bridgehead atoms. The Morgan fingerprint density at radius 1 is 1.28 bits per heavy atom. The number of aryl methyl sites for hydroxylation is 1. The highest BCUT2D eigenvalue weighted by atomic mass is 16.5. The van der Waals surface area contributed by atoms with E-state index in [0.29, 0.717) is 36.7 Å². The van der Waals surface area contributed by atoms with Gasteiger partial charge in [0, 0.05) is 31.2 Å². The molecule has 0 amide bonds. The summed E-state index contributed by atoms with van der Waals surface area (Å²) in [5, 5.41) is 37.4. The number of hydrogen-bond donors (Lipinski definition) is 5. The first-order valence-corrected chi connectivity index (χ1v) is 17.6. The summed E-state index contributed by atoms with van der Waals surface area (Å²) in [6.45, 7) is 5.78. The second kappa shape index (κ2) is 14.5. The van der Waals surface area contributed by atoms with E-state index >= 15 is 0 Å². The topological polar surface area (TPSA) is 116 Å². The number of nitrogens with one attached hydrogen (secondary N) is 2. The number of allylic oxidation sites excluding steroid dienone is 3. The molecule has 2 heterocycles. The smallest absolute Gasteiger partial charge is 0.196 e. The Balaban J connectivity index is 1.12. The van der Waals surface area contributed by atoms with Gasteiger partial charge in [-0.25, -0.2) is 0 Å². The fraction of sp³-hybridized carbons (Fsp3) is 0.605. The molecule has 5 N–H and O–H groups in total. The van der Waals surface area contributed by atoms with Crippen LogP contribution in [0.1, 0.15) is 70.8 Å². The largest absolute Gasteiger partial charge is 0.592 e. The third kappa shape index (κ3) is 6.73. The van der Waals surface area contributed by atoms with E-state index in [1.165, 1.54) is 30.5 Å². The van der Waals surface area contributed by atoms with Crippen LogP contribution in [-0.4, -0.2) is 72.6 Å². The molecule has 0 radical (unpaired) electrons. The number of phenols is 1. The quantitative estimate of drug-likeness (QED) is 0.126. The molecule has 2 aliphatic heterocycles. The van der Waals surface area contributed by atoms with Crippen molar-refractivity contribution in [2.24, 2.45) is 28.2 Å². The molecular weight excluding hydrogens is 578 g/mol. The number of likely N-dealkylation sites (N-methyl/N-ethyl adjacent to an activating group) is 1. The zero-order valence-corrected chi connectivity index (χ0v) is 27.8. The van der Waals surface area contributed by atoms with Gasteiger partial charge in [-0.1, -0.05) is 56.6 Å². The van der Waals surface area contributed by atoms with E-state index in [1.54, 1.807) is 6.07 Å². The van der Waals surface area contributed by atoms with Crippen molar-refractivity contribution < 1.29 is 24.8 Å². The van der Waals surface area contributed by atoms with E-state index in [9.17, 15) is 15.3 Å². The Kier molecular flexibility index (Phi) is 10.4. The minimum Gasteiger partial charge on any atom is -0.592 e. The van der Waals surface area contributed by atoms with Gasteiger partial charge in [0.05, 0.1) is 24.0 Å². The lowest BCUT2D eigenvalue weighted by atomic mass is 9.64. The summed E-state index contributed by atoms with van der Waals surface area (Å²) >= 11 is 0. The van der Waals surface area contributed by atoms with E-state index in [4.69, 9.17) is 14.5 Å². The summed E-state index contributed by atoms with van der Waals surface area (Å²) in [5.74, 6) is 3.80. The number of unbranched alkanes of at least 4 members (excludes halogenated alkanes) is 1. The normalized spacial score (nSPS) is 29.1. The first kappa shape index (κ1) is 33.0. The molecule has 46 heavy (non-hydrogen) atoms. The molecule has 6 aliphatic rings. The maximum atomic E-state index is 10.7. The number of hydrogen-bond acceptors (Lipinski definition) is 8. The first-order valence-electron chi connectivity index (χ1n) is 17.6. The number of ether oxygens (including phenoxy) is 2. The van der Waals surface area contributed by atoms with Crippen LogP contribution in [0.25, 0.3) is 0 Å². The number of rotatable bonds is 16. The highest BCUT2D eigenvalue weighted by Crippen LogP contribution is 2.60. The Bertz CT molecular complexity index is 1340. The van der Waals surface area contributed by atoms with E-state index in [2.05, 4.69) is 35.8 Å². The molecular formula is C38H53N3O5. The number of phenolic OH excluding ortho intramolecular Hbond substituents is 1. The van der Waals surface area contributed by atoms with Crippen LogP contribution in [0.4, 0.5) is 0 Å². The van der Waals surface area contributed by atoms with Gasteiger partial charge in [0.15, 0.2) is 23.3 Å². The van der Waals surface area contributed by atoms with Crippen molar-refractivity contribution in [1.29, 1.82) is 0 Å². The fourth-order valence-corrected chi connectivity index (χ4v) is 8.48. The highest BCUT2D eigenvalue weighted by Gasteiger charge is 2.59. The van der Waals surface area contributed by atoms with Gasteiger partial charge in [-0.3, -0.25) is 5.32 Å². The minimum absolute atomic E-state index is 0.0156. The number of aliphatic imine (C=N–C) groups is 1. The molecule has 7 atom stereocenters. The number of aliphatic hydroxyl groups excluding tert-OH is 2. The van der Waals surface area contributed by atoms with Crippen LogP contribution < -0.4 is 15.4 Å². The van der Waals surface area contributed by atoms with Crippen LogP contribution in [0.2, 0.25) is 0 Å². The molecule has 1 aromatic carbocycles. The average molecular weight is 632 g/mol. The molecule has 1 aromatic rings. The maximum Gasteiger partial charge on any atom is 0.196 e. The summed E-state index contributed by atoms with van der Waals surface area (Å²) in [7, 11) is 1.93. The Hall–Kier alpha value is -2.91. The van der Waals surface area contributed by atoms with Gasteiger partial charge in [0.1, 0.15) is 18.2 Å². The summed E-state index contributed by atoms with van der Waals surface area (Å²) in [5.41, 5.74) is 3.76. The van der Waals surface area contributed by atoms with Crippen LogP contribution in [0.5, 0.6) is 11.5 Å². The summed E-state index contributed by atoms with van der Waals surface area (Å²) < 4.78 is 12.4. The molecule has 2 fully saturated rings. The van der Waals surface area contributed by atoms with Gasteiger partial charge in [0.25, 0.3) is 0 Å². The van der Waals surface area contributed by atoms with Crippen molar-refractivity contribution in [3.63, 3.8) is 0 Å². The van der Waals surface area contributed by atoms with Crippen molar-refractivity contribution in [2.45, 2.75) is 89.9 Å². The molecule has 8 nitrogen and oxygen atoms in total. The molecule has 1 spiro atoms. The molecule has 8 heteroatoms. The average Bonchev–Trinajstić information content (AvgIpc) is 3.76. The Morgan fingerprint density at radius 3 is 2.93 bits per heavy atom.